The van der Waals surface area contributed by atoms with Crippen LogP contribution in [0.15, 0.2) is 12.1 Å². The molecule has 0 saturated heterocycles. The van der Waals surface area contributed by atoms with E-state index in [2.05, 4.69) is 5.32 Å². The second-order valence-electron chi connectivity index (χ2n) is 5.05. The predicted octanol–water partition coefficient (Wildman–Crippen LogP) is 2.08. The van der Waals surface area contributed by atoms with E-state index >= 15 is 0 Å². The Hall–Kier alpha value is -2.24. The van der Waals surface area contributed by atoms with E-state index in [1.54, 1.807) is 6.07 Å². The first kappa shape index (κ1) is 15.2. The maximum atomic E-state index is 12.1. The highest BCUT2D eigenvalue weighted by Gasteiger charge is 2.39. The van der Waals surface area contributed by atoms with Crippen molar-refractivity contribution in [3.8, 4) is 11.5 Å². The van der Waals surface area contributed by atoms with Gasteiger partial charge in [-0.05, 0) is 12.3 Å². The van der Waals surface area contributed by atoms with Gasteiger partial charge in [0.2, 0.25) is 5.91 Å². The summed E-state index contributed by atoms with van der Waals surface area (Å²) in [6.45, 7) is 2.01. The van der Waals surface area contributed by atoms with Crippen LogP contribution in [0.4, 0.5) is 5.69 Å². The number of methoxy groups -OCH3 is 3. The minimum atomic E-state index is -0.546. The molecule has 0 radical (unpaired) electrons. The Morgan fingerprint density at radius 3 is 2.19 bits per heavy atom. The van der Waals surface area contributed by atoms with E-state index in [4.69, 9.17) is 14.2 Å². The van der Waals surface area contributed by atoms with Crippen molar-refractivity contribution in [2.45, 2.75) is 13.3 Å². The molecule has 0 unspecified atom stereocenters. The fourth-order valence-electron chi connectivity index (χ4n) is 2.17. The molecule has 2 rings (SSSR count). The lowest BCUT2D eigenvalue weighted by molar-refractivity contribution is -0.117. The Bertz CT molecular complexity index is 569. The lowest BCUT2D eigenvalue weighted by atomic mass is 10.1. The van der Waals surface area contributed by atoms with Crippen molar-refractivity contribution < 1.29 is 23.8 Å². The molecular weight excluding hydrogens is 274 g/mol. The smallest absolute Gasteiger partial charge is 0.340 e. The topological polar surface area (TPSA) is 73.9 Å². The van der Waals surface area contributed by atoms with Gasteiger partial charge in [-0.25, -0.2) is 4.79 Å². The molecule has 1 saturated carbocycles. The molecule has 1 aliphatic rings. The van der Waals surface area contributed by atoms with Crippen LogP contribution >= 0.6 is 0 Å². The van der Waals surface area contributed by atoms with Crippen LogP contribution in [-0.4, -0.2) is 33.2 Å². The van der Waals surface area contributed by atoms with Crippen LogP contribution in [0.2, 0.25) is 0 Å². The van der Waals surface area contributed by atoms with E-state index in [0.717, 1.165) is 6.42 Å². The first-order valence-electron chi connectivity index (χ1n) is 6.67. The molecule has 1 fully saturated rings. The fraction of sp³-hybridized carbons (Fsp3) is 0.467. The summed E-state index contributed by atoms with van der Waals surface area (Å²) in [5.41, 5.74) is 0.598. The molecule has 1 N–H and O–H groups in total. The van der Waals surface area contributed by atoms with Crippen molar-refractivity contribution in [2.75, 3.05) is 26.6 Å². The SMILES string of the molecule is COC(=O)c1cc(OC)c(OC)cc1NC(=O)[C@@H]1C[C@@H]1C. The van der Waals surface area contributed by atoms with Gasteiger partial charge in [-0.2, -0.15) is 0 Å². The second kappa shape index (κ2) is 6.03. The molecular formula is C15H19NO5. The molecule has 1 amide bonds. The molecule has 114 valence electrons. The molecule has 2 atom stereocenters. The third-order valence-corrected chi connectivity index (χ3v) is 3.63. The number of carbonyl (C=O) groups is 2. The average Bonchev–Trinajstić information content (AvgIpc) is 3.23. The van der Waals surface area contributed by atoms with Gasteiger partial charge in [0.15, 0.2) is 11.5 Å². The summed E-state index contributed by atoms with van der Waals surface area (Å²) >= 11 is 0. The van der Waals surface area contributed by atoms with Crippen LogP contribution in [0.3, 0.4) is 0 Å². The first-order chi connectivity index (χ1) is 10.0. The minimum Gasteiger partial charge on any atom is -0.493 e. The molecule has 0 heterocycles. The summed E-state index contributed by atoms with van der Waals surface area (Å²) in [5, 5.41) is 2.77. The van der Waals surface area contributed by atoms with Gasteiger partial charge >= 0.3 is 5.97 Å². The highest BCUT2D eigenvalue weighted by Crippen LogP contribution is 2.40. The number of hydrogen-bond acceptors (Lipinski definition) is 5. The summed E-state index contributed by atoms with van der Waals surface area (Å²) < 4.78 is 15.1. The molecule has 21 heavy (non-hydrogen) atoms. The van der Waals surface area contributed by atoms with Crippen LogP contribution < -0.4 is 14.8 Å². The summed E-state index contributed by atoms with van der Waals surface area (Å²) in [4.78, 5) is 23.9. The molecule has 1 aliphatic carbocycles. The summed E-state index contributed by atoms with van der Waals surface area (Å²) in [6, 6.07) is 3.06. The number of amides is 1. The van der Waals surface area contributed by atoms with Crippen LogP contribution in [0.5, 0.6) is 11.5 Å². The van der Waals surface area contributed by atoms with E-state index in [1.165, 1.54) is 27.4 Å². The molecule has 1 aromatic rings. The lowest BCUT2D eigenvalue weighted by Crippen LogP contribution is -2.17. The van der Waals surface area contributed by atoms with Gasteiger partial charge in [-0.3, -0.25) is 4.79 Å². The van der Waals surface area contributed by atoms with Gasteiger partial charge in [0, 0.05) is 18.1 Å². The number of rotatable bonds is 5. The van der Waals surface area contributed by atoms with E-state index in [9.17, 15) is 9.59 Å². The first-order valence-corrected chi connectivity index (χ1v) is 6.67. The Balaban J connectivity index is 2.36. The number of hydrogen-bond donors (Lipinski definition) is 1. The average molecular weight is 293 g/mol. The monoisotopic (exact) mass is 293 g/mol. The quantitative estimate of drug-likeness (QED) is 0.841. The zero-order valence-corrected chi connectivity index (χ0v) is 12.6. The fourth-order valence-corrected chi connectivity index (χ4v) is 2.17. The number of ether oxygens (including phenoxy) is 3. The molecule has 6 nitrogen and oxygen atoms in total. The van der Waals surface area contributed by atoms with E-state index in [0.29, 0.717) is 23.1 Å². The zero-order chi connectivity index (χ0) is 15.6. The number of anilines is 1. The van der Waals surface area contributed by atoms with Crippen molar-refractivity contribution in [2.24, 2.45) is 11.8 Å². The Labute approximate surface area is 123 Å². The summed E-state index contributed by atoms with van der Waals surface area (Å²) in [5.74, 6) is 0.574. The number of nitrogens with one attached hydrogen (secondary N) is 1. The van der Waals surface area contributed by atoms with Gasteiger partial charge in [0.25, 0.3) is 0 Å². The Morgan fingerprint density at radius 1 is 1.14 bits per heavy atom. The van der Waals surface area contributed by atoms with Crippen molar-refractivity contribution in [3.05, 3.63) is 17.7 Å². The largest absolute Gasteiger partial charge is 0.493 e. The molecule has 6 heteroatoms. The normalized spacial score (nSPS) is 19.6. The predicted molar refractivity (Wildman–Crippen MR) is 76.8 cm³/mol. The molecule has 1 aromatic carbocycles. The van der Waals surface area contributed by atoms with Crippen molar-refractivity contribution in [3.63, 3.8) is 0 Å². The van der Waals surface area contributed by atoms with Gasteiger partial charge in [-0.1, -0.05) is 6.92 Å². The van der Waals surface area contributed by atoms with Crippen LogP contribution in [0, 0.1) is 11.8 Å². The third-order valence-electron chi connectivity index (χ3n) is 3.63. The highest BCUT2D eigenvalue weighted by molar-refractivity contribution is 6.03. The molecule has 0 bridgehead atoms. The second-order valence-corrected chi connectivity index (χ2v) is 5.05. The maximum Gasteiger partial charge on any atom is 0.340 e. The van der Waals surface area contributed by atoms with Crippen LogP contribution in [-0.2, 0) is 9.53 Å². The zero-order valence-electron chi connectivity index (χ0n) is 12.6. The Kier molecular flexibility index (Phi) is 4.35. The van der Waals surface area contributed by atoms with Crippen molar-refractivity contribution in [1.82, 2.24) is 0 Å². The van der Waals surface area contributed by atoms with E-state index in [-0.39, 0.29) is 17.4 Å². The maximum absolute atomic E-state index is 12.1. The molecule has 0 aliphatic heterocycles. The van der Waals surface area contributed by atoms with E-state index in [1.807, 2.05) is 6.92 Å². The van der Waals surface area contributed by atoms with Crippen LogP contribution in [0.25, 0.3) is 0 Å². The number of benzene rings is 1. The number of carbonyl (C=O) groups excluding carboxylic acids is 2. The van der Waals surface area contributed by atoms with Gasteiger partial charge < -0.3 is 19.5 Å². The highest BCUT2D eigenvalue weighted by atomic mass is 16.5. The third kappa shape index (κ3) is 3.09. The van der Waals surface area contributed by atoms with Gasteiger partial charge in [0.05, 0.1) is 32.6 Å². The number of esters is 1. The van der Waals surface area contributed by atoms with Crippen LogP contribution in [0.1, 0.15) is 23.7 Å². The molecule has 0 spiro atoms. The van der Waals surface area contributed by atoms with Crippen molar-refractivity contribution in [1.29, 1.82) is 0 Å². The van der Waals surface area contributed by atoms with Gasteiger partial charge in [-0.15, -0.1) is 0 Å². The molecule has 0 aromatic heterocycles. The Morgan fingerprint density at radius 2 is 1.71 bits per heavy atom. The van der Waals surface area contributed by atoms with E-state index < -0.39 is 5.97 Å². The van der Waals surface area contributed by atoms with Crippen molar-refractivity contribution >= 4 is 17.6 Å². The standard InChI is InChI=1S/C15H19NO5/c1-8-5-9(8)14(17)16-11-7-13(20-3)12(19-2)6-10(11)15(18)21-4/h6-9H,5H2,1-4H3,(H,16,17)/t8-,9+/m0/s1. The minimum absolute atomic E-state index is 0.00333. The summed E-state index contributed by atoms with van der Waals surface area (Å²) in [7, 11) is 4.25. The lowest BCUT2D eigenvalue weighted by Gasteiger charge is -2.14. The van der Waals surface area contributed by atoms with Gasteiger partial charge in [0.1, 0.15) is 0 Å². The summed E-state index contributed by atoms with van der Waals surface area (Å²) in [6.07, 6.45) is 0.868.